The second-order valence-electron chi connectivity index (χ2n) is 7.12. The number of aromatic amines is 1. The number of aryl methyl sites for hydroxylation is 2. The number of fused-ring (bicyclic) bond motifs is 2. The molecule has 6 heteroatoms. The number of pyridine rings is 1. The maximum absolute atomic E-state index is 12.4. The van der Waals surface area contributed by atoms with Gasteiger partial charge in [0, 0.05) is 43.0 Å². The molecule has 0 spiro atoms. The van der Waals surface area contributed by atoms with Gasteiger partial charge in [0.25, 0.3) is 5.56 Å². The number of H-pyrrole nitrogens is 1. The Kier molecular flexibility index (Phi) is 3.22. The Balaban J connectivity index is 1.78. The molecule has 0 unspecified atom stereocenters. The summed E-state index contributed by atoms with van der Waals surface area (Å²) in [6.07, 6.45) is 8.03. The Morgan fingerprint density at radius 3 is 2.85 bits per heavy atom. The summed E-state index contributed by atoms with van der Waals surface area (Å²) >= 11 is 0. The maximum Gasteiger partial charge on any atom is 0.274 e. The van der Waals surface area contributed by atoms with Crippen molar-refractivity contribution in [2.75, 3.05) is 6.61 Å². The lowest BCUT2D eigenvalue weighted by Gasteiger charge is -2.14. The van der Waals surface area contributed by atoms with E-state index in [1.54, 1.807) is 11.6 Å². The minimum absolute atomic E-state index is 0.0309. The van der Waals surface area contributed by atoms with Crippen LogP contribution >= 0.6 is 0 Å². The molecule has 0 amide bonds. The molecular weight excluding hydrogens is 328 g/mol. The zero-order valence-corrected chi connectivity index (χ0v) is 14.8. The molecular formula is C20H20N4O2. The van der Waals surface area contributed by atoms with Crippen molar-refractivity contribution in [3.05, 3.63) is 47.1 Å². The van der Waals surface area contributed by atoms with E-state index in [-0.39, 0.29) is 5.56 Å². The lowest BCUT2D eigenvalue weighted by Crippen LogP contribution is -2.16. The first-order valence-corrected chi connectivity index (χ1v) is 8.88. The summed E-state index contributed by atoms with van der Waals surface area (Å²) in [7, 11) is 3.71. The van der Waals surface area contributed by atoms with Gasteiger partial charge in [-0.25, -0.2) is 0 Å². The van der Waals surface area contributed by atoms with Crippen LogP contribution in [0.1, 0.15) is 12.8 Å². The second-order valence-corrected chi connectivity index (χ2v) is 7.12. The summed E-state index contributed by atoms with van der Waals surface area (Å²) in [5.74, 6) is 1.51. The van der Waals surface area contributed by atoms with Crippen molar-refractivity contribution in [2.24, 2.45) is 20.0 Å². The molecule has 0 atom stereocenters. The van der Waals surface area contributed by atoms with Crippen molar-refractivity contribution in [1.82, 2.24) is 19.3 Å². The van der Waals surface area contributed by atoms with Crippen molar-refractivity contribution in [2.45, 2.75) is 12.8 Å². The van der Waals surface area contributed by atoms with Gasteiger partial charge < -0.3 is 14.3 Å². The highest BCUT2D eigenvalue weighted by Crippen LogP contribution is 2.40. The Morgan fingerprint density at radius 1 is 1.19 bits per heavy atom. The van der Waals surface area contributed by atoms with Gasteiger partial charge in [-0.15, -0.1) is 0 Å². The van der Waals surface area contributed by atoms with Gasteiger partial charge in [-0.3, -0.25) is 9.48 Å². The smallest absolute Gasteiger partial charge is 0.274 e. The zero-order valence-electron chi connectivity index (χ0n) is 14.8. The number of hydrogen-bond donors (Lipinski definition) is 1. The fourth-order valence-electron chi connectivity index (χ4n) is 3.54. The van der Waals surface area contributed by atoms with E-state index in [0.29, 0.717) is 11.4 Å². The van der Waals surface area contributed by atoms with Crippen LogP contribution in [-0.2, 0) is 14.1 Å². The van der Waals surface area contributed by atoms with Crippen molar-refractivity contribution >= 4 is 21.8 Å². The van der Waals surface area contributed by atoms with Gasteiger partial charge in [-0.2, -0.15) is 5.10 Å². The molecule has 0 radical (unpaired) electrons. The molecule has 1 aliphatic carbocycles. The van der Waals surface area contributed by atoms with Crippen LogP contribution < -0.4 is 10.3 Å². The third-order valence-electron chi connectivity index (χ3n) is 5.23. The van der Waals surface area contributed by atoms with Crippen LogP contribution in [0.4, 0.5) is 0 Å². The Morgan fingerprint density at radius 2 is 2.04 bits per heavy atom. The fourth-order valence-corrected chi connectivity index (χ4v) is 3.54. The largest absolute Gasteiger partial charge is 0.492 e. The number of rotatable bonds is 4. The monoisotopic (exact) mass is 348 g/mol. The van der Waals surface area contributed by atoms with E-state index in [9.17, 15) is 4.79 Å². The summed E-state index contributed by atoms with van der Waals surface area (Å²) in [6.45, 7) is 0.725. The molecule has 1 aromatic carbocycles. The first-order chi connectivity index (χ1) is 12.6. The maximum atomic E-state index is 12.4. The summed E-state index contributed by atoms with van der Waals surface area (Å²) < 4.78 is 9.76. The third-order valence-corrected chi connectivity index (χ3v) is 5.23. The molecule has 1 fully saturated rings. The van der Waals surface area contributed by atoms with Crippen LogP contribution in [0.15, 0.2) is 41.6 Å². The number of hydrogen-bond acceptors (Lipinski definition) is 3. The molecule has 132 valence electrons. The SMILES string of the molecule is Cn1cc(-c2ccc3c(cnn3C)c2OCC2CC2)c2cc[nH]c2c1=O. The highest BCUT2D eigenvalue weighted by atomic mass is 16.5. The van der Waals surface area contributed by atoms with Gasteiger partial charge in [0.15, 0.2) is 0 Å². The van der Waals surface area contributed by atoms with Gasteiger partial charge in [0.05, 0.1) is 23.7 Å². The van der Waals surface area contributed by atoms with Crippen LogP contribution in [0.25, 0.3) is 32.9 Å². The topological polar surface area (TPSA) is 64.8 Å². The second kappa shape index (κ2) is 5.49. The molecule has 3 heterocycles. The van der Waals surface area contributed by atoms with Crippen molar-refractivity contribution in [3.8, 4) is 16.9 Å². The van der Waals surface area contributed by atoms with Crippen LogP contribution in [0, 0.1) is 5.92 Å². The van der Waals surface area contributed by atoms with Crippen LogP contribution in [0.3, 0.4) is 0 Å². The highest BCUT2D eigenvalue weighted by molar-refractivity contribution is 6.00. The number of nitrogens with one attached hydrogen (secondary N) is 1. The van der Waals surface area contributed by atoms with Crippen molar-refractivity contribution in [3.63, 3.8) is 0 Å². The van der Waals surface area contributed by atoms with E-state index < -0.39 is 0 Å². The van der Waals surface area contributed by atoms with E-state index >= 15 is 0 Å². The molecule has 1 saturated carbocycles. The molecule has 4 aromatic rings. The predicted molar refractivity (Wildman–Crippen MR) is 101 cm³/mol. The minimum atomic E-state index is -0.0309. The number of nitrogens with zero attached hydrogens (tertiary/aromatic N) is 3. The summed E-state index contributed by atoms with van der Waals surface area (Å²) in [5.41, 5.74) is 3.60. The Labute approximate surface area is 150 Å². The van der Waals surface area contributed by atoms with Gasteiger partial charge in [-0.1, -0.05) is 0 Å². The molecule has 1 N–H and O–H groups in total. The molecule has 0 aliphatic heterocycles. The van der Waals surface area contributed by atoms with E-state index in [1.807, 2.05) is 36.4 Å². The average Bonchev–Trinajstić information content (AvgIpc) is 3.20. The Hall–Kier alpha value is -3.02. The lowest BCUT2D eigenvalue weighted by molar-refractivity contribution is 0.304. The van der Waals surface area contributed by atoms with E-state index in [0.717, 1.165) is 39.8 Å². The van der Waals surface area contributed by atoms with Crippen LogP contribution in [0.2, 0.25) is 0 Å². The van der Waals surface area contributed by atoms with Gasteiger partial charge in [0.1, 0.15) is 11.3 Å². The summed E-state index contributed by atoms with van der Waals surface area (Å²) in [6, 6.07) is 6.08. The van der Waals surface area contributed by atoms with E-state index in [2.05, 4.69) is 22.2 Å². The van der Waals surface area contributed by atoms with Gasteiger partial charge in [0.2, 0.25) is 0 Å². The van der Waals surface area contributed by atoms with Crippen LogP contribution in [0.5, 0.6) is 5.75 Å². The molecule has 0 saturated heterocycles. The molecule has 5 rings (SSSR count). The standard InChI is InChI=1S/C20H20N4O2/c1-23-10-16(13-7-8-21-18(13)20(23)25)14-5-6-17-15(9-22-24(17)2)19(14)26-11-12-3-4-12/h5-10,12,21H,3-4,11H2,1-2H3. The first-order valence-electron chi connectivity index (χ1n) is 8.88. The summed E-state index contributed by atoms with van der Waals surface area (Å²) in [5, 5.41) is 6.31. The normalized spacial score (nSPS) is 14.4. The number of ether oxygens (including phenoxy) is 1. The minimum Gasteiger partial charge on any atom is -0.492 e. The van der Waals surface area contributed by atoms with Crippen molar-refractivity contribution in [1.29, 1.82) is 0 Å². The fraction of sp³-hybridized carbons (Fsp3) is 0.300. The zero-order chi connectivity index (χ0) is 17.8. The summed E-state index contributed by atoms with van der Waals surface area (Å²) in [4.78, 5) is 15.5. The predicted octanol–water partition coefficient (Wildman–Crippen LogP) is 3.21. The van der Waals surface area contributed by atoms with Crippen LogP contribution in [-0.4, -0.2) is 25.9 Å². The molecule has 6 nitrogen and oxygen atoms in total. The van der Waals surface area contributed by atoms with Crippen molar-refractivity contribution < 1.29 is 4.74 Å². The number of benzene rings is 1. The first kappa shape index (κ1) is 15.3. The molecule has 0 bridgehead atoms. The lowest BCUT2D eigenvalue weighted by atomic mass is 10.0. The van der Waals surface area contributed by atoms with Gasteiger partial charge in [-0.05, 0) is 37.0 Å². The third kappa shape index (κ3) is 2.25. The van der Waals surface area contributed by atoms with Gasteiger partial charge >= 0.3 is 0 Å². The quantitative estimate of drug-likeness (QED) is 0.616. The Bertz CT molecular complexity index is 1190. The average molecular weight is 348 g/mol. The highest BCUT2D eigenvalue weighted by Gasteiger charge is 2.24. The molecule has 3 aromatic heterocycles. The van der Waals surface area contributed by atoms with E-state index in [4.69, 9.17) is 4.74 Å². The molecule has 1 aliphatic rings. The molecule has 26 heavy (non-hydrogen) atoms. The van der Waals surface area contributed by atoms with E-state index in [1.165, 1.54) is 12.8 Å². The number of aromatic nitrogens is 4.